The van der Waals surface area contributed by atoms with Crippen molar-refractivity contribution in [1.29, 1.82) is 5.26 Å². The second-order valence-corrected chi connectivity index (χ2v) is 5.35. The lowest BCUT2D eigenvalue weighted by Crippen LogP contribution is -2.36. The number of nitrogens with zero attached hydrogens (tertiary/aromatic N) is 3. The lowest BCUT2D eigenvalue weighted by atomic mass is 10.1. The van der Waals surface area contributed by atoms with Crippen molar-refractivity contribution in [2.24, 2.45) is 5.92 Å². The maximum absolute atomic E-state index is 10.8. The molecule has 0 heterocycles. The number of nitriles is 1. The van der Waals surface area contributed by atoms with Gasteiger partial charge >= 0.3 is 0 Å². The molecule has 0 aliphatic heterocycles. The van der Waals surface area contributed by atoms with Crippen LogP contribution in [0, 0.1) is 27.4 Å². The largest absolute Gasteiger partial charge is 0.383 e. The number of benzene rings is 1. The van der Waals surface area contributed by atoms with Crippen LogP contribution in [0.5, 0.6) is 0 Å². The molecule has 1 unspecified atom stereocenters. The van der Waals surface area contributed by atoms with Crippen LogP contribution in [0.25, 0.3) is 0 Å². The van der Waals surface area contributed by atoms with Gasteiger partial charge in [0.15, 0.2) is 0 Å². The molecule has 106 valence electrons. The highest BCUT2D eigenvalue weighted by atomic mass is 16.6. The Bertz CT molecular complexity index is 545. The van der Waals surface area contributed by atoms with E-state index < -0.39 is 4.92 Å². The molecule has 1 N–H and O–H groups in total. The molecule has 0 amide bonds. The van der Waals surface area contributed by atoms with Crippen molar-refractivity contribution in [1.82, 2.24) is 4.90 Å². The van der Waals surface area contributed by atoms with Crippen molar-refractivity contribution >= 4 is 11.4 Å². The number of hydrogen-bond donors (Lipinski definition) is 1. The molecule has 1 aromatic rings. The Morgan fingerprint density at radius 3 is 2.75 bits per heavy atom. The van der Waals surface area contributed by atoms with Gasteiger partial charge in [-0.05, 0) is 45.0 Å². The van der Waals surface area contributed by atoms with Gasteiger partial charge in [-0.3, -0.25) is 10.1 Å². The van der Waals surface area contributed by atoms with Gasteiger partial charge in [-0.25, -0.2) is 0 Å². The molecule has 0 bridgehead atoms. The summed E-state index contributed by atoms with van der Waals surface area (Å²) in [6, 6.07) is 6.89. The normalized spacial score (nSPS) is 15.7. The van der Waals surface area contributed by atoms with Crippen LogP contribution in [-0.2, 0) is 0 Å². The van der Waals surface area contributed by atoms with Crippen LogP contribution in [0.2, 0.25) is 0 Å². The van der Waals surface area contributed by atoms with Gasteiger partial charge in [0.25, 0.3) is 5.69 Å². The second-order valence-electron chi connectivity index (χ2n) is 5.35. The molecule has 1 aliphatic rings. The van der Waals surface area contributed by atoms with E-state index in [-0.39, 0.29) is 11.3 Å². The number of nitro benzene ring substituents is 1. The van der Waals surface area contributed by atoms with Gasteiger partial charge in [-0.2, -0.15) is 5.26 Å². The number of rotatable bonds is 6. The van der Waals surface area contributed by atoms with Gasteiger partial charge in [0.1, 0.15) is 11.6 Å². The summed E-state index contributed by atoms with van der Waals surface area (Å²) in [7, 11) is 4.11. The molecule has 1 saturated carbocycles. The molecule has 0 radical (unpaired) electrons. The van der Waals surface area contributed by atoms with E-state index in [0.717, 1.165) is 18.2 Å². The van der Waals surface area contributed by atoms with E-state index in [0.29, 0.717) is 6.04 Å². The Morgan fingerprint density at radius 1 is 1.55 bits per heavy atom. The zero-order chi connectivity index (χ0) is 14.7. The Morgan fingerprint density at radius 2 is 2.25 bits per heavy atom. The molecule has 1 aromatic carbocycles. The minimum atomic E-state index is -0.533. The Balaban J connectivity index is 2.06. The number of anilines is 1. The maximum Gasteiger partial charge on any atom is 0.287 e. The third-order valence-electron chi connectivity index (χ3n) is 3.66. The zero-order valence-corrected chi connectivity index (χ0v) is 11.7. The van der Waals surface area contributed by atoms with Crippen LogP contribution in [0.4, 0.5) is 11.4 Å². The van der Waals surface area contributed by atoms with Gasteiger partial charge in [-0.15, -0.1) is 0 Å². The maximum atomic E-state index is 10.8. The molecule has 0 saturated heterocycles. The zero-order valence-electron chi connectivity index (χ0n) is 11.7. The fourth-order valence-corrected chi connectivity index (χ4v) is 2.37. The third-order valence-corrected chi connectivity index (χ3v) is 3.66. The molecule has 6 nitrogen and oxygen atoms in total. The average molecular weight is 274 g/mol. The molecule has 6 heteroatoms. The van der Waals surface area contributed by atoms with E-state index in [4.69, 9.17) is 5.26 Å². The smallest absolute Gasteiger partial charge is 0.287 e. The van der Waals surface area contributed by atoms with E-state index in [2.05, 4.69) is 24.3 Å². The predicted octanol–water partition coefficient (Wildman–Crippen LogP) is 2.22. The average Bonchev–Trinajstić information content (AvgIpc) is 3.22. The topological polar surface area (TPSA) is 82.2 Å². The van der Waals surface area contributed by atoms with Crippen LogP contribution in [0.1, 0.15) is 18.4 Å². The summed E-state index contributed by atoms with van der Waals surface area (Å²) in [5.41, 5.74) is 0.692. The predicted molar refractivity (Wildman–Crippen MR) is 76.5 cm³/mol. The fraction of sp³-hybridized carbons (Fsp3) is 0.500. The van der Waals surface area contributed by atoms with Crippen LogP contribution in [-0.4, -0.2) is 36.5 Å². The molecule has 0 spiro atoms. The van der Waals surface area contributed by atoms with Gasteiger partial charge in [0, 0.05) is 24.3 Å². The van der Waals surface area contributed by atoms with Crippen molar-refractivity contribution in [2.45, 2.75) is 18.9 Å². The molecule has 1 fully saturated rings. The van der Waals surface area contributed by atoms with Gasteiger partial charge in [-0.1, -0.05) is 0 Å². The Hall–Kier alpha value is -2.13. The minimum Gasteiger partial charge on any atom is -0.383 e. The summed E-state index contributed by atoms with van der Waals surface area (Å²) < 4.78 is 0. The van der Waals surface area contributed by atoms with E-state index >= 15 is 0 Å². The SMILES string of the molecule is CN(C)C(CNc1ccc([N+](=O)[O-])c(C#N)c1)C1CC1. The molecule has 1 aliphatic carbocycles. The third kappa shape index (κ3) is 3.25. The van der Waals surface area contributed by atoms with Crippen molar-refractivity contribution in [3.05, 3.63) is 33.9 Å². The van der Waals surface area contributed by atoms with Crippen LogP contribution in [0.3, 0.4) is 0 Å². The van der Waals surface area contributed by atoms with Gasteiger partial charge < -0.3 is 10.2 Å². The van der Waals surface area contributed by atoms with E-state index in [1.165, 1.54) is 25.0 Å². The van der Waals surface area contributed by atoms with E-state index in [9.17, 15) is 10.1 Å². The first-order valence-corrected chi connectivity index (χ1v) is 6.61. The highest BCUT2D eigenvalue weighted by Gasteiger charge is 2.32. The summed E-state index contributed by atoms with van der Waals surface area (Å²) in [4.78, 5) is 12.4. The van der Waals surface area contributed by atoms with Gasteiger partial charge in [0.2, 0.25) is 0 Å². The Labute approximate surface area is 118 Å². The van der Waals surface area contributed by atoms with E-state index in [1.54, 1.807) is 6.07 Å². The highest BCUT2D eigenvalue weighted by Crippen LogP contribution is 2.34. The summed E-state index contributed by atoms with van der Waals surface area (Å²) in [5, 5.41) is 23.0. The molecule has 0 aromatic heterocycles. The van der Waals surface area contributed by atoms with E-state index in [1.807, 2.05) is 6.07 Å². The second kappa shape index (κ2) is 5.88. The first-order chi connectivity index (χ1) is 9.52. The monoisotopic (exact) mass is 274 g/mol. The summed E-state index contributed by atoms with van der Waals surface area (Å²) in [6.07, 6.45) is 2.52. The molecule has 20 heavy (non-hydrogen) atoms. The number of nitro groups is 1. The molecular weight excluding hydrogens is 256 g/mol. The lowest BCUT2D eigenvalue weighted by Gasteiger charge is -2.24. The van der Waals surface area contributed by atoms with Crippen LogP contribution in [0.15, 0.2) is 18.2 Å². The Kier molecular flexibility index (Phi) is 4.20. The van der Waals surface area contributed by atoms with Crippen molar-refractivity contribution in [3.63, 3.8) is 0 Å². The number of nitrogens with one attached hydrogen (secondary N) is 1. The van der Waals surface area contributed by atoms with Crippen LogP contribution < -0.4 is 5.32 Å². The number of likely N-dealkylation sites (N-methyl/N-ethyl adjacent to an activating group) is 1. The minimum absolute atomic E-state index is 0.0906. The molecule has 2 rings (SSSR count). The van der Waals surface area contributed by atoms with Crippen molar-refractivity contribution in [2.75, 3.05) is 26.0 Å². The quantitative estimate of drug-likeness (QED) is 0.635. The first-order valence-electron chi connectivity index (χ1n) is 6.61. The first kappa shape index (κ1) is 14.3. The van der Waals surface area contributed by atoms with Crippen LogP contribution >= 0.6 is 0 Å². The molecular formula is C14H18N4O2. The standard InChI is InChI=1S/C14H18N4O2/c1-17(2)14(10-3-4-10)9-16-12-5-6-13(18(19)20)11(7-12)8-15/h5-7,10,14,16H,3-4,9H2,1-2H3. The van der Waals surface area contributed by atoms with Crippen molar-refractivity contribution < 1.29 is 4.92 Å². The van der Waals surface area contributed by atoms with Gasteiger partial charge in [0.05, 0.1) is 4.92 Å². The lowest BCUT2D eigenvalue weighted by molar-refractivity contribution is -0.385. The summed E-state index contributed by atoms with van der Waals surface area (Å²) in [6.45, 7) is 0.778. The summed E-state index contributed by atoms with van der Waals surface area (Å²) >= 11 is 0. The molecule has 1 atom stereocenters. The fourth-order valence-electron chi connectivity index (χ4n) is 2.37. The number of hydrogen-bond acceptors (Lipinski definition) is 5. The summed E-state index contributed by atoms with van der Waals surface area (Å²) in [5.74, 6) is 0.728. The van der Waals surface area contributed by atoms with Crippen molar-refractivity contribution in [3.8, 4) is 6.07 Å². The highest BCUT2D eigenvalue weighted by molar-refractivity contribution is 5.58.